The highest BCUT2D eigenvalue weighted by atomic mass is 35.5. The van der Waals surface area contributed by atoms with Gasteiger partial charge in [0.25, 0.3) is 5.91 Å². The third-order valence-corrected chi connectivity index (χ3v) is 4.30. The molecule has 0 bridgehead atoms. The minimum Gasteiger partial charge on any atom is -0.381 e. The number of hydrogen-bond donors (Lipinski definition) is 1. The zero-order valence-corrected chi connectivity index (χ0v) is 15.6. The van der Waals surface area contributed by atoms with E-state index in [1.54, 1.807) is 0 Å². The fourth-order valence-electron chi connectivity index (χ4n) is 2.97. The van der Waals surface area contributed by atoms with Gasteiger partial charge in [-0.15, -0.1) is 0 Å². The summed E-state index contributed by atoms with van der Waals surface area (Å²) in [5.41, 5.74) is 3.40. The Kier molecular flexibility index (Phi) is 5.38. The maximum Gasteiger partial charge on any atom is 0.255 e. The van der Waals surface area contributed by atoms with Crippen molar-refractivity contribution in [2.45, 2.75) is 33.6 Å². The molecule has 2 rings (SSSR count). The Morgan fingerprint density at radius 3 is 2.50 bits per heavy atom. The van der Waals surface area contributed by atoms with Crippen molar-refractivity contribution in [1.82, 2.24) is 10.2 Å². The molecule has 0 aliphatic heterocycles. The van der Waals surface area contributed by atoms with E-state index in [9.17, 15) is 9.18 Å². The van der Waals surface area contributed by atoms with Crippen molar-refractivity contribution in [2.75, 3.05) is 14.1 Å². The fourth-order valence-corrected chi connectivity index (χ4v) is 3.15. The average molecular weight is 351 g/mol. The molecule has 0 atom stereocenters. The molecule has 0 unspecified atom stereocenters. The lowest BCUT2D eigenvalue weighted by molar-refractivity contribution is 0.0965. The van der Waals surface area contributed by atoms with Crippen molar-refractivity contribution in [2.24, 2.45) is 5.41 Å². The number of hydrogen-bond acceptors (Lipinski definition) is 2. The van der Waals surface area contributed by atoms with E-state index in [0.29, 0.717) is 5.56 Å². The Labute approximate surface area is 148 Å². The summed E-state index contributed by atoms with van der Waals surface area (Å²) in [5, 5.41) is 2.93. The van der Waals surface area contributed by atoms with Gasteiger partial charge in [0.1, 0.15) is 5.82 Å². The van der Waals surface area contributed by atoms with Crippen molar-refractivity contribution in [3.63, 3.8) is 0 Å². The first kappa shape index (κ1) is 18.5. The van der Waals surface area contributed by atoms with E-state index in [-0.39, 0.29) is 16.3 Å². The smallest absolute Gasteiger partial charge is 0.255 e. The molecule has 1 N–H and O–H groups in total. The largest absolute Gasteiger partial charge is 0.381 e. The van der Waals surface area contributed by atoms with Crippen molar-refractivity contribution in [3.05, 3.63) is 57.6 Å². The normalized spacial score (nSPS) is 15.2. The van der Waals surface area contributed by atoms with Gasteiger partial charge in [-0.3, -0.25) is 4.79 Å². The van der Waals surface area contributed by atoms with Crippen LogP contribution in [0.15, 0.2) is 41.2 Å². The van der Waals surface area contributed by atoms with E-state index in [2.05, 4.69) is 37.1 Å². The molecule has 24 heavy (non-hydrogen) atoms. The summed E-state index contributed by atoms with van der Waals surface area (Å²) >= 11 is 5.78. The van der Waals surface area contributed by atoms with Crippen LogP contribution in [0.5, 0.6) is 0 Å². The van der Waals surface area contributed by atoms with Crippen LogP contribution in [0.25, 0.3) is 0 Å². The number of allylic oxidation sites excluding steroid dienone is 3. The molecule has 1 amide bonds. The van der Waals surface area contributed by atoms with Gasteiger partial charge in [-0.1, -0.05) is 38.4 Å². The predicted octanol–water partition coefficient (Wildman–Crippen LogP) is 4.75. The lowest BCUT2D eigenvalue weighted by atomic mass is 9.79. The minimum absolute atomic E-state index is 0.0548. The fraction of sp³-hybridized carbons (Fsp3) is 0.421. The quantitative estimate of drug-likeness (QED) is 0.853. The number of rotatable bonds is 3. The number of carbonyl (C=O) groups is 1. The molecule has 1 aromatic carbocycles. The summed E-state index contributed by atoms with van der Waals surface area (Å²) < 4.78 is 13.3. The van der Waals surface area contributed by atoms with E-state index >= 15 is 0 Å². The minimum atomic E-state index is -0.532. The van der Waals surface area contributed by atoms with Gasteiger partial charge in [-0.05, 0) is 42.0 Å². The molecule has 1 aliphatic carbocycles. The Morgan fingerprint density at radius 1 is 1.29 bits per heavy atom. The molecule has 5 heteroatoms. The molecule has 3 nitrogen and oxygen atoms in total. The second-order valence-electron chi connectivity index (χ2n) is 7.21. The van der Waals surface area contributed by atoms with Gasteiger partial charge in [-0.2, -0.15) is 0 Å². The topological polar surface area (TPSA) is 32.3 Å². The van der Waals surface area contributed by atoms with E-state index < -0.39 is 5.82 Å². The van der Waals surface area contributed by atoms with Crippen LogP contribution >= 0.6 is 11.6 Å². The summed E-state index contributed by atoms with van der Waals surface area (Å²) in [6.45, 7) is 6.39. The molecule has 0 aromatic heterocycles. The zero-order chi connectivity index (χ0) is 18.1. The van der Waals surface area contributed by atoms with Crippen LogP contribution in [0.4, 0.5) is 4.39 Å². The number of nitrogens with one attached hydrogen (secondary N) is 1. The zero-order valence-electron chi connectivity index (χ0n) is 14.8. The van der Waals surface area contributed by atoms with Crippen molar-refractivity contribution in [3.8, 4) is 0 Å². The summed E-state index contributed by atoms with van der Waals surface area (Å²) in [6.07, 6.45) is 3.87. The first-order valence-corrected chi connectivity index (χ1v) is 8.37. The molecule has 1 aliphatic rings. The highest BCUT2D eigenvalue weighted by Gasteiger charge is 2.29. The summed E-state index contributed by atoms with van der Waals surface area (Å²) in [4.78, 5) is 14.7. The Hall–Kier alpha value is -1.81. The van der Waals surface area contributed by atoms with Crippen molar-refractivity contribution < 1.29 is 9.18 Å². The Morgan fingerprint density at radius 2 is 1.96 bits per heavy atom. The monoisotopic (exact) mass is 350 g/mol. The van der Waals surface area contributed by atoms with Crippen molar-refractivity contribution >= 4 is 17.5 Å². The molecule has 0 spiro atoms. The third kappa shape index (κ3) is 3.99. The first-order chi connectivity index (χ1) is 11.1. The molecule has 0 heterocycles. The third-order valence-electron chi connectivity index (χ3n) is 4.01. The predicted molar refractivity (Wildman–Crippen MR) is 96.4 cm³/mol. The number of nitrogens with zero attached hydrogens (tertiary/aromatic N) is 1. The number of amides is 1. The number of halogens is 2. The van der Waals surface area contributed by atoms with Crippen molar-refractivity contribution in [1.29, 1.82) is 0 Å². The highest BCUT2D eigenvalue weighted by molar-refractivity contribution is 6.31. The number of benzene rings is 1. The number of carbonyl (C=O) groups excluding carboxylic acids is 1. The van der Waals surface area contributed by atoms with Crippen LogP contribution in [-0.2, 0) is 0 Å². The van der Waals surface area contributed by atoms with Gasteiger partial charge in [0.05, 0.1) is 5.02 Å². The highest BCUT2D eigenvalue weighted by Crippen LogP contribution is 2.38. The van der Waals surface area contributed by atoms with Gasteiger partial charge in [0.2, 0.25) is 0 Å². The van der Waals surface area contributed by atoms with Crippen LogP contribution in [0.1, 0.15) is 44.0 Å². The van der Waals surface area contributed by atoms with Gasteiger partial charge in [0, 0.05) is 31.1 Å². The molecular weight excluding hydrogens is 327 g/mol. The van der Waals surface area contributed by atoms with Crippen LogP contribution in [0, 0.1) is 11.2 Å². The summed E-state index contributed by atoms with van der Waals surface area (Å²) in [5.74, 6) is -0.819. The van der Waals surface area contributed by atoms with E-state index in [4.69, 9.17) is 11.6 Å². The van der Waals surface area contributed by atoms with Crippen LogP contribution in [0.2, 0.25) is 5.02 Å². The Bertz CT molecular complexity index is 715. The van der Waals surface area contributed by atoms with E-state index in [1.165, 1.54) is 23.9 Å². The molecular formula is C19H24ClFN2O. The van der Waals surface area contributed by atoms with Gasteiger partial charge < -0.3 is 10.2 Å². The second kappa shape index (κ2) is 6.98. The second-order valence-corrected chi connectivity index (χ2v) is 7.61. The molecule has 0 saturated heterocycles. The average Bonchev–Trinajstić information content (AvgIpc) is 2.48. The maximum absolute atomic E-state index is 13.3. The van der Waals surface area contributed by atoms with E-state index in [0.717, 1.165) is 24.1 Å². The lowest BCUT2D eigenvalue weighted by Gasteiger charge is -2.34. The molecule has 130 valence electrons. The van der Waals surface area contributed by atoms with Gasteiger partial charge in [0.15, 0.2) is 0 Å². The lowest BCUT2D eigenvalue weighted by Crippen LogP contribution is -2.32. The van der Waals surface area contributed by atoms with Crippen LogP contribution in [-0.4, -0.2) is 24.9 Å². The standard InChI is InChI=1S/C19H24ClFN2O/c1-19(2,3)17-15(7-6-8-16(17)23(4)5)22-18(24)12-9-10-14(21)13(20)11-12/h7,9-11H,6,8H2,1-5H3,(H,22,24). The summed E-state index contributed by atoms with van der Waals surface area (Å²) in [6, 6.07) is 3.99. The van der Waals surface area contributed by atoms with Crippen LogP contribution < -0.4 is 5.32 Å². The molecule has 0 fully saturated rings. The SMILES string of the molecule is CN(C)C1=C(C(C)(C)C)C(NC(=O)c2ccc(F)c(Cl)c2)=CCC1. The Balaban J connectivity index is 2.34. The molecule has 1 aromatic rings. The maximum atomic E-state index is 13.3. The van der Waals surface area contributed by atoms with Gasteiger partial charge in [-0.25, -0.2) is 4.39 Å². The van der Waals surface area contributed by atoms with E-state index in [1.807, 2.05) is 14.1 Å². The summed E-state index contributed by atoms with van der Waals surface area (Å²) in [7, 11) is 4.04. The first-order valence-electron chi connectivity index (χ1n) is 7.99. The molecule has 0 radical (unpaired) electrons. The molecule has 0 saturated carbocycles. The van der Waals surface area contributed by atoms with Crippen LogP contribution in [0.3, 0.4) is 0 Å². The van der Waals surface area contributed by atoms with Gasteiger partial charge >= 0.3 is 0 Å².